The molecule has 3 aromatic rings. The average Bonchev–Trinajstić information content (AvgIpc) is 2.85. The van der Waals surface area contributed by atoms with Gasteiger partial charge in [-0.1, -0.05) is 66.2 Å². The number of morpholine rings is 1. The Bertz CT molecular complexity index is 977. The standard InChI is InChI=1S/C27H30ClNO3.ClH/c1-2-32-25-14-10-23(11-15-25)27(30,22-6-4-3-5-7-22)26(20-29-16-18-31-19-17-29)21-8-12-24(28)13-9-21;/h3-15,26,30H,2,16-20H2,1H3;1H. The Hall–Kier alpha value is -2.08. The molecule has 1 N–H and O–H groups in total. The average molecular weight is 488 g/mol. The molecule has 0 radical (unpaired) electrons. The third-order valence-corrected chi connectivity index (χ3v) is 6.39. The van der Waals surface area contributed by atoms with Crippen molar-refractivity contribution in [2.75, 3.05) is 39.5 Å². The first-order chi connectivity index (χ1) is 15.6. The second-order valence-electron chi connectivity index (χ2n) is 8.11. The Kier molecular flexibility index (Phi) is 9.19. The molecule has 4 rings (SSSR count). The minimum atomic E-state index is -1.24. The molecule has 1 aliphatic heterocycles. The van der Waals surface area contributed by atoms with Crippen LogP contribution in [0.4, 0.5) is 0 Å². The number of halogens is 2. The topological polar surface area (TPSA) is 41.9 Å². The maximum absolute atomic E-state index is 12.6. The van der Waals surface area contributed by atoms with E-state index in [9.17, 15) is 5.11 Å². The zero-order chi connectivity index (χ0) is 22.4. The number of hydrogen-bond acceptors (Lipinski definition) is 4. The van der Waals surface area contributed by atoms with Crippen molar-refractivity contribution in [3.8, 4) is 5.75 Å². The van der Waals surface area contributed by atoms with E-state index in [1.165, 1.54) is 0 Å². The predicted molar refractivity (Wildman–Crippen MR) is 136 cm³/mol. The van der Waals surface area contributed by atoms with Crippen LogP contribution < -0.4 is 4.74 Å². The van der Waals surface area contributed by atoms with Crippen LogP contribution in [-0.4, -0.2) is 49.5 Å². The van der Waals surface area contributed by atoms with Crippen molar-refractivity contribution in [1.82, 2.24) is 4.90 Å². The van der Waals surface area contributed by atoms with Crippen LogP contribution in [0.15, 0.2) is 78.9 Å². The quantitative estimate of drug-likeness (QED) is 0.454. The Morgan fingerprint density at radius 2 is 1.55 bits per heavy atom. The van der Waals surface area contributed by atoms with Crippen molar-refractivity contribution in [3.63, 3.8) is 0 Å². The lowest BCUT2D eigenvalue weighted by Crippen LogP contribution is -2.45. The summed E-state index contributed by atoms with van der Waals surface area (Å²) in [5, 5.41) is 13.2. The molecule has 0 saturated carbocycles. The fourth-order valence-electron chi connectivity index (χ4n) is 4.45. The molecule has 1 fully saturated rings. The second kappa shape index (κ2) is 11.9. The zero-order valence-electron chi connectivity index (χ0n) is 18.8. The van der Waals surface area contributed by atoms with E-state index in [4.69, 9.17) is 21.1 Å². The summed E-state index contributed by atoms with van der Waals surface area (Å²) in [5.41, 5.74) is 1.50. The third-order valence-electron chi connectivity index (χ3n) is 6.14. The first kappa shape index (κ1) is 25.5. The monoisotopic (exact) mass is 487 g/mol. The van der Waals surface area contributed by atoms with E-state index in [0.29, 0.717) is 31.4 Å². The lowest BCUT2D eigenvalue weighted by molar-refractivity contribution is 0.000751. The molecule has 4 nitrogen and oxygen atoms in total. The molecule has 0 bridgehead atoms. The molecule has 2 unspecified atom stereocenters. The van der Waals surface area contributed by atoms with Crippen molar-refractivity contribution >= 4 is 24.0 Å². The van der Waals surface area contributed by atoms with Gasteiger partial charge in [0, 0.05) is 30.6 Å². The van der Waals surface area contributed by atoms with Crippen molar-refractivity contribution in [2.45, 2.75) is 18.4 Å². The molecular formula is C27H31Cl2NO3. The van der Waals surface area contributed by atoms with Gasteiger partial charge in [-0.15, -0.1) is 12.4 Å². The second-order valence-corrected chi connectivity index (χ2v) is 8.54. The summed E-state index contributed by atoms with van der Waals surface area (Å²) in [6.07, 6.45) is 0. The highest BCUT2D eigenvalue weighted by atomic mass is 35.5. The van der Waals surface area contributed by atoms with Gasteiger partial charge in [0.2, 0.25) is 0 Å². The summed E-state index contributed by atoms with van der Waals surface area (Å²) in [6.45, 7) is 6.38. The maximum Gasteiger partial charge on any atom is 0.123 e. The summed E-state index contributed by atoms with van der Waals surface area (Å²) in [5.74, 6) is 0.584. The number of nitrogens with zero attached hydrogens (tertiary/aromatic N) is 1. The highest BCUT2D eigenvalue weighted by Crippen LogP contribution is 2.43. The van der Waals surface area contributed by atoms with E-state index < -0.39 is 5.60 Å². The lowest BCUT2D eigenvalue weighted by atomic mass is 9.72. The van der Waals surface area contributed by atoms with Crippen LogP contribution in [0.1, 0.15) is 29.5 Å². The van der Waals surface area contributed by atoms with E-state index in [-0.39, 0.29) is 18.3 Å². The number of ether oxygens (including phenoxy) is 2. The molecule has 3 aromatic carbocycles. The molecule has 6 heteroatoms. The lowest BCUT2D eigenvalue weighted by Gasteiger charge is -2.41. The number of aliphatic hydroxyl groups is 1. The Morgan fingerprint density at radius 1 is 0.939 bits per heavy atom. The van der Waals surface area contributed by atoms with Gasteiger partial charge in [0.25, 0.3) is 0 Å². The number of benzene rings is 3. The third kappa shape index (κ3) is 5.89. The van der Waals surface area contributed by atoms with E-state index in [1.807, 2.05) is 85.8 Å². The van der Waals surface area contributed by atoms with Crippen LogP contribution in [-0.2, 0) is 10.3 Å². The first-order valence-electron chi connectivity index (χ1n) is 11.2. The molecule has 0 aliphatic carbocycles. The van der Waals surface area contributed by atoms with Gasteiger partial charge in [0.15, 0.2) is 0 Å². The van der Waals surface area contributed by atoms with Gasteiger partial charge in [-0.05, 0) is 47.9 Å². The van der Waals surface area contributed by atoms with Gasteiger partial charge in [0.05, 0.1) is 19.8 Å². The van der Waals surface area contributed by atoms with Gasteiger partial charge in [-0.25, -0.2) is 0 Å². The molecule has 176 valence electrons. The molecule has 1 aliphatic rings. The van der Waals surface area contributed by atoms with Gasteiger partial charge < -0.3 is 14.6 Å². The molecule has 0 spiro atoms. The van der Waals surface area contributed by atoms with Crippen LogP contribution in [0.2, 0.25) is 5.02 Å². The van der Waals surface area contributed by atoms with Crippen molar-refractivity contribution in [3.05, 3.63) is 101 Å². The fourth-order valence-corrected chi connectivity index (χ4v) is 4.57. The highest BCUT2D eigenvalue weighted by molar-refractivity contribution is 6.30. The van der Waals surface area contributed by atoms with Gasteiger partial charge in [-0.2, -0.15) is 0 Å². The van der Waals surface area contributed by atoms with E-state index in [0.717, 1.165) is 35.5 Å². The molecule has 0 aromatic heterocycles. The van der Waals surface area contributed by atoms with E-state index >= 15 is 0 Å². The van der Waals surface area contributed by atoms with Gasteiger partial charge in [0.1, 0.15) is 11.4 Å². The zero-order valence-corrected chi connectivity index (χ0v) is 20.4. The van der Waals surface area contributed by atoms with Gasteiger partial charge >= 0.3 is 0 Å². The summed E-state index contributed by atoms with van der Waals surface area (Å²) in [6, 6.07) is 25.6. The summed E-state index contributed by atoms with van der Waals surface area (Å²) in [7, 11) is 0. The molecule has 1 heterocycles. The van der Waals surface area contributed by atoms with E-state index in [2.05, 4.69) is 4.90 Å². The maximum atomic E-state index is 12.6. The SMILES string of the molecule is CCOc1ccc(C(O)(c2ccccc2)C(CN2CCOCC2)c2ccc(Cl)cc2)cc1.Cl. The number of rotatable bonds is 8. The van der Waals surface area contributed by atoms with Crippen LogP contribution in [0.25, 0.3) is 0 Å². The van der Waals surface area contributed by atoms with Crippen LogP contribution in [0, 0.1) is 0 Å². The summed E-state index contributed by atoms with van der Waals surface area (Å²) < 4.78 is 11.2. The minimum Gasteiger partial charge on any atom is -0.494 e. The fraction of sp³-hybridized carbons (Fsp3) is 0.333. The van der Waals surface area contributed by atoms with Crippen LogP contribution in [0.3, 0.4) is 0 Å². The largest absolute Gasteiger partial charge is 0.494 e. The molecular weight excluding hydrogens is 457 g/mol. The Balaban J connectivity index is 0.00000306. The number of hydrogen-bond donors (Lipinski definition) is 1. The van der Waals surface area contributed by atoms with Crippen molar-refractivity contribution in [2.24, 2.45) is 0 Å². The predicted octanol–water partition coefficient (Wildman–Crippen LogP) is 5.51. The molecule has 2 atom stereocenters. The first-order valence-corrected chi connectivity index (χ1v) is 11.6. The minimum absolute atomic E-state index is 0. The summed E-state index contributed by atoms with van der Waals surface area (Å²) in [4.78, 5) is 2.37. The van der Waals surface area contributed by atoms with Crippen molar-refractivity contribution in [1.29, 1.82) is 0 Å². The van der Waals surface area contributed by atoms with E-state index in [1.54, 1.807) is 0 Å². The Labute approximate surface area is 207 Å². The summed E-state index contributed by atoms with van der Waals surface area (Å²) >= 11 is 6.20. The Morgan fingerprint density at radius 3 is 2.15 bits per heavy atom. The van der Waals surface area contributed by atoms with Crippen LogP contribution in [0.5, 0.6) is 5.75 Å². The highest BCUT2D eigenvalue weighted by Gasteiger charge is 2.42. The smallest absolute Gasteiger partial charge is 0.123 e. The van der Waals surface area contributed by atoms with Crippen LogP contribution >= 0.6 is 24.0 Å². The molecule has 0 amide bonds. The molecule has 1 saturated heterocycles. The molecule has 33 heavy (non-hydrogen) atoms. The van der Waals surface area contributed by atoms with Gasteiger partial charge in [-0.3, -0.25) is 4.90 Å². The normalized spacial score (nSPS) is 16.9. The van der Waals surface area contributed by atoms with Crippen molar-refractivity contribution < 1.29 is 14.6 Å².